The van der Waals surface area contributed by atoms with E-state index in [9.17, 15) is 9.90 Å². The molecule has 0 radical (unpaired) electrons. The minimum atomic E-state index is -0.888. The van der Waals surface area contributed by atoms with Crippen molar-refractivity contribution in [2.75, 3.05) is 6.61 Å². The maximum absolute atomic E-state index is 10.9. The van der Waals surface area contributed by atoms with Crippen LogP contribution in [0.25, 0.3) is 0 Å². The van der Waals surface area contributed by atoms with Crippen LogP contribution in [0.2, 0.25) is 0 Å². The molecule has 18 heavy (non-hydrogen) atoms. The smallest absolute Gasteiger partial charge is 0.149 e. The number of hydrogen-bond donors (Lipinski definition) is 1. The summed E-state index contributed by atoms with van der Waals surface area (Å²) >= 11 is 0. The molecular weight excluding hydrogens is 228 g/mol. The first-order chi connectivity index (χ1) is 8.49. The van der Waals surface area contributed by atoms with Crippen molar-refractivity contribution >= 4 is 6.29 Å². The van der Waals surface area contributed by atoms with Crippen LogP contribution in [0.5, 0.6) is 5.75 Å². The van der Waals surface area contributed by atoms with E-state index in [1.807, 2.05) is 12.1 Å². The van der Waals surface area contributed by atoms with Crippen LogP contribution in [0.3, 0.4) is 0 Å². The van der Waals surface area contributed by atoms with Crippen molar-refractivity contribution in [2.45, 2.75) is 43.6 Å². The second-order valence-electron chi connectivity index (χ2n) is 6.12. The molecule has 3 heteroatoms. The molecule has 0 spiro atoms. The Balaban J connectivity index is 2.04. The van der Waals surface area contributed by atoms with Crippen molar-refractivity contribution in [1.82, 2.24) is 0 Å². The van der Waals surface area contributed by atoms with Gasteiger partial charge in [0.05, 0.1) is 6.61 Å². The van der Waals surface area contributed by atoms with Gasteiger partial charge in [-0.3, -0.25) is 0 Å². The minimum Gasteiger partial charge on any atom is -0.492 e. The molecule has 0 bridgehead atoms. The van der Waals surface area contributed by atoms with Crippen molar-refractivity contribution in [1.29, 1.82) is 0 Å². The van der Waals surface area contributed by atoms with Crippen LogP contribution in [-0.4, -0.2) is 24.1 Å². The molecule has 1 aliphatic carbocycles. The number of benzene rings is 1. The molecule has 2 aliphatic rings. The Bertz CT molecular complexity index is 500. The van der Waals surface area contributed by atoms with Crippen LogP contribution < -0.4 is 4.74 Å². The Morgan fingerprint density at radius 3 is 2.72 bits per heavy atom. The number of carbonyl (C=O) groups is 1. The maximum atomic E-state index is 10.9. The lowest BCUT2D eigenvalue weighted by Crippen LogP contribution is -2.27. The van der Waals surface area contributed by atoms with Crippen LogP contribution >= 0.6 is 0 Å². The van der Waals surface area contributed by atoms with Crippen molar-refractivity contribution in [3.63, 3.8) is 0 Å². The number of hydrogen-bond acceptors (Lipinski definition) is 3. The first-order valence-corrected chi connectivity index (χ1v) is 6.41. The van der Waals surface area contributed by atoms with Crippen molar-refractivity contribution in [3.05, 3.63) is 29.3 Å². The average molecular weight is 246 g/mol. The topological polar surface area (TPSA) is 46.5 Å². The number of ether oxygens (including phenoxy) is 1. The summed E-state index contributed by atoms with van der Waals surface area (Å²) in [6.45, 7) is 4.99. The molecule has 0 amide bonds. The van der Waals surface area contributed by atoms with Gasteiger partial charge in [0.1, 0.15) is 18.1 Å². The fourth-order valence-electron chi connectivity index (χ4n) is 2.85. The molecule has 1 heterocycles. The van der Waals surface area contributed by atoms with E-state index in [0.29, 0.717) is 12.9 Å². The normalized spacial score (nSPS) is 23.9. The third-order valence-electron chi connectivity index (χ3n) is 4.36. The molecular formula is C15H18O3. The Hall–Kier alpha value is -1.35. The Labute approximate surface area is 107 Å². The summed E-state index contributed by atoms with van der Waals surface area (Å²) in [5, 5.41) is 9.88. The van der Waals surface area contributed by atoms with E-state index in [0.717, 1.165) is 24.2 Å². The SMILES string of the molecule is CC1(C)COc2ccc(C3(C(O)C=O)CC3)cc21. The number of aldehydes is 1. The number of aliphatic hydroxyl groups excluding tert-OH is 1. The first-order valence-electron chi connectivity index (χ1n) is 6.41. The monoisotopic (exact) mass is 246 g/mol. The zero-order chi connectivity index (χ0) is 13.0. The standard InChI is InChI=1S/C15H18O3/c1-14(2)9-18-12-4-3-10(7-11(12)14)15(5-6-15)13(17)8-16/h3-4,7-8,13,17H,5-6,9H2,1-2H3. The van der Waals surface area contributed by atoms with Gasteiger partial charge in [-0.2, -0.15) is 0 Å². The summed E-state index contributed by atoms with van der Waals surface area (Å²) in [5.74, 6) is 0.931. The van der Waals surface area contributed by atoms with Crippen LogP contribution in [0.1, 0.15) is 37.8 Å². The first kappa shape index (κ1) is 11.7. The predicted octanol–water partition coefficient (Wildman–Crippen LogP) is 1.95. The predicted molar refractivity (Wildman–Crippen MR) is 67.9 cm³/mol. The molecule has 1 saturated carbocycles. The van der Waals surface area contributed by atoms with Gasteiger partial charge in [0.2, 0.25) is 0 Å². The largest absolute Gasteiger partial charge is 0.492 e. The third kappa shape index (κ3) is 1.50. The zero-order valence-electron chi connectivity index (χ0n) is 10.8. The van der Waals surface area contributed by atoms with E-state index in [4.69, 9.17) is 4.74 Å². The molecule has 1 aromatic carbocycles. The van der Waals surface area contributed by atoms with E-state index in [1.165, 1.54) is 5.56 Å². The molecule has 1 unspecified atom stereocenters. The van der Waals surface area contributed by atoms with Gasteiger partial charge in [-0.05, 0) is 24.5 Å². The Morgan fingerprint density at radius 1 is 1.39 bits per heavy atom. The van der Waals surface area contributed by atoms with E-state index < -0.39 is 6.10 Å². The summed E-state index contributed by atoms with van der Waals surface area (Å²) in [7, 11) is 0. The van der Waals surface area contributed by atoms with Crippen LogP contribution in [-0.2, 0) is 15.6 Å². The lowest BCUT2D eigenvalue weighted by Gasteiger charge is -2.21. The molecule has 1 aliphatic heterocycles. The molecule has 96 valence electrons. The van der Waals surface area contributed by atoms with E-state index >= 15 is 0 Å². The second kappa shape index (κ2) is 3.58. The Morgan fingerprint density at radius 2 is 2.11 bits per heavy atom. The van der Waals surface area contributed by atoms with Crippen LogP contribution in [0.4, 0.5) is 0 Å². The lowest BCUT2D eigenvalue weighted by molar-refractivity contribution is -0.116. The van der Waals surface area contributed by atoms with Crippen molar-refractivity contribution < 1.29 is 14.6 Å². The zero-order valence-corrected chi connectivity index (χ0v) is 10.8. The quantitative estimate of drug-likeness (QED) is 0.829. The highest BCUT2D eigenvalue weighted by atomic mass is 16.5. The van der Waals surface area contributed by atoms with Gasteiger partial charge in [0.15, 0.2) is 0 Å². The summed E-state index contributed by atoms with van der Waals surface area (Å²) in [6, 6.07) is 6.07. The number of rotatable bonds is 3. The summed E-state index contributed by atoms with van der Waals surface area (Å²) in [4.78, 5) is 10.9. The molecule has 3 nitrogen and oxygen atoms in total. The minimum absolute atomic E-state index is 0.00749. The number of carbonyl (C=O) groups excluding carboxylic acids is 1. The van der Waals surface area contributed by atoms with E-state index in [2.05, 4.69) is 19.9 Å². The third-order valence-corrected chi connectivity index (χ3v) is 4.36. The van der Waals surface area contributed by atoms with Gasteiger partial charge in [-0.1, -0.05) is 26.0 Å². The van der Waals surface area contributed by atoms with Crippen LogP contribution in [0.15, 0.2) is 18.2 Å². The van der Waals surface area contributed by atoms with Gasteiger partial charge in [-0.25, -0.2) is 0 Å². The van der Waals surface area contributed by atoms with Gasteiger partial charge in [-0.15, -0.1) is 0 Å². The fourth-order valence-corrected chi connectivity index (χ4v) is 2.85. The fraction of sp³-hybridized carbons (Fsp3) is 0.533. The highest BCUT2D eigenvalue weighted by Gasteiger charge is 2.51. The average Bonchev–Trinajstić information content (AvgIpc) is 3.11. The molecule has 0 saturated heterocycles. The van der Waals surface area contributed by atoms with Crippen LogP contribution in [0, 0.1) is 0 Å². The molecule has 1 N–H and O–H groups in total. The lowest BCUT2D eigenvalue weighted by atomic mass is 9.82. The Kier molecular flexibility index (Phi) is 2.33. The highest BCUT2D eigenvalue weighted by Crippen LogP contribution is 2.52. The van der Waals surface area contributed by atoms with Gasteiger partial charge in [0, 0.05) is 16.4 Å². The highest BCUT2D eigenvalue weighted by molar-refractivity contribution is 5.63. The molecule has 1 atom stereocenters. The summed E-state index contributed by atoms with van der Waals surface area (Å²) in [6.07, 6.45) is 1.53. The van der Waals surface area contributed by atoms with Gasteiger partial charge in [0.25, 0.3) is 0 Å². The molecule has 0 aromatic heterocycles. The summed E-state index contributed by atoms with van der Waals surface area (Å²) < 4.78 is 5.66. The molecule has 1 aromatic rings. The number of fused-ring (bicyclic) bond motifs is 1. The maximum Gasteiger partial charge on any atom is 0.149 e. The number of aliphatic hydroxyl groups is 1. The van der Waals surface area contributed by atoms with Gasteiger partial charge < -0.3 is 14.6 Å². The van der Waals surface area contributed by atoms with Gasteiger partial charge >= 0.3 is 0 Å². The van der Waals surface area contributed by atoms with Crippen molar-refractivity contribution in [2.24, 2.45) is 0 Å². The summed E-state index contributed by atoms with van der Waals surface area (Å²) in [5.41, 5.74) is 1.92. The van der Waals surface area contributed by atoms with E-state index in [-0.39, 0.29) is 10.8 Å². The van der Waals surface area contributed by atoms with Crippen molar-refractivity contribution in [3.8, 4) is 5.75 Å². The van der Waals surface area contributed by atoms with E-state index in [1.54, 1.807) is 0 Å². The molecule has 1 fully saturated rings. The second-order valence-corrected chi connectivity index (χ2v) is 6.12. The molecule has 3 rings (SSSR count).